The highest BCUT2D eigenvalue weighted by atomic mass is 16.5. The molecule has 2 atom stereocenters. The Hall–Kier alpha value is -2.14. The average Bonchev–Trinajstić information content (AvgIpc) is 2.77. The van der Waals surface area contributed by atoms with E-state index in [0.717, 1.165) is 11.5 Å². The van der Waals surface area contributed by atoms with E-state index < -0.39 is 0 Å². The van der Waals surface area contributed by atoms with Gasteiger partial charge in [-0.15, -0.1) is 0 Å². The summed E-state index contributed by atoms with van der Waals surface area (Å²) in [6.45, 7) is 5.70. The van der Waals surface area contributed by atoms with Crippen molar-refractivity contribution in [2.24, 2.45) is 11.8 Å². The van der Waals surface area contributed by atoms with Crippen molar-refractivity contribution in [1.82, 2.24) is 0 Å². The van der Waals surface area contributed by atoms with Crippen LogP contribution in [-0.4, -0.2) is 31.1 Å². The third-order valence-corrected chi connectivity index (χ3v) is 4.16. The summed E-state index contributed by atoms with van der Waals surface area (Å²) < 4.78 is 11.3. The minimum absolute atomic E-state index is 0.144. The lowest BCUT2D eigenvalue weighted by Gasteiger charge is -2.39. The van der Waals surface area contributed by atoms with Gasteiger partial charge in [-0.05, 0) is 30.2 Å². The number of rotatable bonds is 5. The molecule has 1 aromatic carbocycles. The van der Waals surface area contributed by atoms with Crippen LogP contribution in [-0.2, 0) is 14.3 Å². The van der Waals surface area contributed by atoms with Crippen molar-refractivity contribution in [3.05, 3.63) is 36.4 Å². The fourth-order valence-corrected chi connectivity index (χ4v) is 2.66. The first-order valence-corrected chi connectivity index (χ1v) is 7.47. The first kappa shape index (κ1) is 14.8. The highest BCUT2D eigenvalue weighted by Gasteiger charge is 2.34. The number of imide groups is 1. The number of amides is 2. The summed E-state index contributed by atoms with van der Waals surface area (Å²) in [5, 5.41) is 0. The molecule has 1 fully saturated rings. The molecule has 2 aliphatic rings. The van der Waals surface area contributed by atoms with E-state index in [4.69, 9.17) is 9.47 Å². The van der Waals surface area contributed by atoms with Crippen LogP contribution in [0.5, 0.6) is 5.75 Å². The lowest BCUT2D eigenvalue weighted by molar-refractivity contribution is -0.147. The molecule has 2 unspecified atom stereocenters. The number of carbonyl (C=O) groups is 2. The Balaban J connectivity index is 1.58. The molecule has 22 heavy (non-hydrogen) atoms. The number of carbonyl (C=O) groups excluding carboxylic acids is 2. The predicted octanol–water partition coefficient (Wildman–Crippen LogP) is 2.17. The van der Waals surface area contributed by atoms with E-state index >= 15 is 0 Å². The van der Waals surface area contributed by atoms with Gasteiger partial charge < -0.3 is 9.47 Å². The van der Waals surface area contributed by atoms with Crippen LogP contribution in [0.15, 0.2) is 36.4 Å². The zero-order chi connectivity index (χ0) is 15.7. The number of hydrogen-bond acceptors (Lipinski definition) is 4. The molecule has 0 aromatic heterocycles. The fraction of sp³-hybridized carbons (Fsp3) is 0.412. The van der Waals surface area contributed by atoms with E-state index in [1.165, 1.54) is 12.2 Å². The smallest absolute Gasteiger partial charge is 0.258 e. The monoisotopic (exact) mass is 301 g/mol. The van der Waals surface area contributed by atoms with Crippen molar-refractivity contribution in [3.8, 4) is 5.75 Å². The third kappa shape index (κ3) is 2.76. The molecule has 0 bridgehead atoms. The SMILES string of the molecule is CC(C)C1COC1COc1ccc(N2C(=O)C=CC2=O)cc1. The van der Waals surface area contributed by atoms with E-state index in [1.54, 1.807) is 24.3 Å². The Kier molecular flexibility index (Phi) is 3.98. The molecule has 5 nitrogen and oxygen atoms in total. The van der Waals surface area contributed by atoms with Gasteiger partial charge in [-0.2, -0.15) is 0 Å². The number of ether oxygens (including phenoxy) is 2. The van der Waals surface area contributed by atoms with Gasteiger partial charge in [0, 0.05) is 18.1 Å². The van der Waals surface area contributed by atoms with Crippen molar-refractivity contribution < 1.29 is 19.1 Å². The molecule has 0 spiro atoms. The Bertz CT molecular complexity index is 588. The Morgan fingerprint density at radius 1 is 1.18 bits per heavy atom. The topological polar surface area (TPSA) is 55.8 Å². The van der Waals surface area contributed by atoms with E-state index in [2.05, 4.69) is 13.8 Å². The van der Waals surface area contributed by atoms with Gasteiger partial charge in [-0.1, -0.05) is 13.8 Å². The van der Waals surface area contributed by atoms with E-state index in [-0.39, 0.29) is 17.9 Å². The van der Waals surface area contributed by atoms with Gasteiger partial charge in [-0.25, -0.2) is 4.90 Å². The summed E-state index contributed by atoms with van der Waals surface area (Å²) in [5.74, 6) is 1.20. The lowest BCUT2D eigenvalue weighted by atomic mass is 9.87. The fourth-order valence-electron chi connectivity index (χ4n) is 2.66. The molecule has 0 radical (unpaired) electrons. The van der Waals surface area contributed by atoms with Crippen LogP contribution in [0.2, 0.25) is 0 Å². The average molecular weight is 301 g/mol. The molecular weight excluding hydrogens is 282 g/mol. The zero-order valence-corrected chi connectivity index (χ0v) is 12.7. The normalized spacial score (nSPS) is 24.0. The van der Waals surface area contributed by atoms with Gasteiger partial charge in [0.25, 0.3) is 11.8 Å². The summed E-state index contributed by atoms with van der Waals surface area (Å²) in [4.78, 5) is 24.3. The van der Waals surface area contributed by atoms with Crippen molar-refractivity contribution in [2.45, 2.75) is 20.0 Å². The highest BCUT2D eigenvalue weighted by Crippen LogP contribution is 2.29. The molecule has 1 aromatic rings. The first-order valence-electron chi connectivity index (χ1n) is 7.47. The van der Waals surface area contributed by atoms with Gasteiger partial charge in [0.2, 0.25) is 0 Å². The third-order valence-electron chi connectivity index (χ3n) is 4.16. The molecule has 0 N–H and O–H groups in total. The van der Waals surface area contributed by atoms with Gasteiger partial charge in [-0.3, -0.25) is 9.59 Å². The number of nitrogens with zero attached hydrogens (tertiary/aromatic N) is 1. The predicted molar refractivity (Wildman–Crippen MR) is 81.6 cm³/mol. The molecule has 1 saturated heterocycles. The van der Waals surface area contributed by atoms with Gasteiger partial charge in [0.1, 0.15) is 12.4 Å². The quantitative estimate of drug-likeness (QED) is 0.782. The van der Waals surface area contributed by atoms with Crippen LogP contribution in [0.4, 0.5) is 5.69 Å². The maximum absolute atomic E-state index is 11.6. The summed E-state index contributed by atoms with van der Waals surface area (Å²) >= 11 is 0. The van der Waals surface area contributed by atoms with Gasteiger partial charge >= 0.3 is 0 Å². The summed E-state index contributed by atoms with van der Waals surface area (Å²) in [7, 11) is 0. The second-order valence-electron chi connectivity index (χ2n) is 5.93. The van der Waals surface area contributed by atoms with E-state index in [9.17, 15) is 9.59 Å². The summed E-state index contributed by atoms with van der Waals surface area (Å²) in [6.07, 6.45) is 2.69. The van der Waals surface area contributed by atoms with E-state index in [0.29, 0.717) is 29.9 Å². The van der Waals surface area contributed by atoms with Crippen molar-refractivity contribution in [1.29, 1.82) is 0 Å². The van der Waals surface area contributed by atoms with E-state index in [1.807, 2.05) is 0 Å². The summed E-state index contributed by atoms with van der Waals surface area (Å²) in [5.41, 5.74) is 0.548. The molecule has 2 aliphatic heterocycles. The second kappa shape index (κ2) is 5.93. The van der Waals surface area contributed by atoms with Crippen molar-refractivity contribution in [3.63, 3.8) is 0 Å². The van der Waals surface area contributed by atoms with Crippen LogP contribution < -0.4 is 9.64 Å². The minimum atomic E-state index is -0.318. The van der Waals surface area contributed by atoms with Gasteiger partial charge in [0.05, 0.1) is 18.4 Å². The van der Waals surface area contributed by atoms with Crippen LogP contribution in [0.25, 0.3) is 0 Å². The number of benzene rings is 1. The molecule has 5 heteroatoms. The Morgan fingerprint density at radius 2 is 1.82 bits per heavy atom. The molecule has 0 aliphatic carbocycles. The first-order chi connectivity index (χ1) is 10.6. The molecular formula is C17H19NO4. The maximum Gasteiger partial charge on any atom is 0.258 e. The van der Waals surface area contributed by atoms with Crippen LogP contribution in [0, 0.1) is 11.8 Å². The Labute approximate surface area is 129 Å². The Morgan fingerprint density at radius 3 is 2.32 bits per heavy atom. The van der Waals surface area contributed by atoms with Crippen LogP contribution in [0.1, 0.15) is 13.8 Å². The molecule has 0 saturated carbocycles. The number of anilines is 1. The molecule has 116 valence electrons. The number of hydrogen-bond donors (Lipinski definition) is 0. The lowest BCUT2D eigenvalue weighted by Crippen LogP contribution is -2.46. The van der Waals surface area contributed by atoms with Crippen molar-refractivity contribution in [2.75, 3.05) is 18.1 Å². The molecule has 2 heterocycles. The maximum atomic E-state index is 11.6. The second-order valence-corrected chi connectivity index (χ2v) is 5.93. The van der Waals surface area contributed by atoms with Crippen LogP contribution in [0.3, 0.4) is 0 Å². The largest absolute Gasteiger partial charge is 0.491 e. The van der Waals surface area contributed by atoms with Gasteiger partial charge in [0.15, 0.2) is 0 Å². The highest BCUT2D eigenvalue weighted by molar-refractivity contribution is 6.28. The van der Waals surface area contributed by atoms with Crippen molar-refractivity contribution >= 4 is 17.5 Å². The standard InChI is InChI=1S/C17H19NO4/c1-11(2)14-9-22-15(14)10-21-13-5-3-12(4-6-13)18-16(19)7-8-17(18)20/h3-8,11,14-15H,9-10H2,1-2H3. The molecule has 3 rings (SSSR count). The minimum Gasteiger partial charge on any atom is -0.491 e. The van der Waals surface area contributed by atoms with Crippen LogP contribution >= 0.6 is 0 Å². The molecule has 2 amide bonds. The summed E-state index contributed by atoms with van der Waals surface area (Å²) in [6, 6.07) is 6.94. The zero-order valence-electron chi connectivity index (χ0n) is 12.7.